The number of carbonyl (C=O) groups excluding carboxylic acids is 1. The molecule has 0 radical (unpaired) electrons. The van der Waals surface area contributed by atoms with E-state index in [1.165, 1.54) is 0 Å². The first-order valence-electron chi connectivity index (χ1n) is 7.99. The first-order valence-corrected chi connectivity index (χ1v) is 8.37. The Balaban J connectivity index is 1.84. The van der Waals surface area contributed by atoms with Crippen LogP contribution in [0.15, 0.2) is 24.3 Å². The molecule has 1 unspecified atom stereocenters. The highest BCUT2D eigenvalue weighted by Gasteiger charge is 2.25. The van der Waals surface area contributed by atoms with Gasteiger partial charge in [0.25, 0.3) is 0 Å². The quantitative estimate of drug-likeness (QED) is 0.836. The summed E-state index contributed by atoms with van der Waals surface area (Å²) in [6, 6.07) is 7.46. The number of piperidine rings is 1. The van der Waals surface area contributed by atoms with Gasteiger partial charge in [-0.05, 0) is 50.0 Å². The van der Waals surface area contributed by atoms with Crippen molar-refractivity contribution in [2.24, 2.45) is 5.92 Å². The molecule has 2 N–H and O–H groups in total. The van der Waals surface area contributed by atoms with Crippen LogP contribution in [-0.4, -0.2) is 41.5 Å². The van der Waals surface area contributed by atoms with Crippen LogP contribution in [-0.2, 0) is 9.59 Å². The molecule has 0 bridgehead atoms. The van der Waals surface area contributed by atoms with Crippen molar-refractivity contribution in [1.82, 2.24) is 10.2 Å². The lowest BCUT2D eigenvalue weighted by Gasteiger charge is -2.30. The molecule has 2 rings (SSSR count). The number of carboxylic acids is 1. The molecule has 1 aromatic rings. The number of rotatable bonds is 6. The largest absolute Gasteiger partial charge is 0.481 e. The Kier molecular flexibility index (Phi) is 6.42. The van der Waals surface area contributed by atoms with Gasteiger partial charge in [-0.3, -0.25) is 14.5 Å². The third-order valence-electron chi connectivity index (χ3n) is 4.32. The third kappa shape index (κ3) is 5.22. The van der Waals surface area contributed by atoms with Crippen molar-refractivity contribution in [3.8, 4) is 0 Å². The van der Waals surface area contributed by atoms with Crippen molar-refractivity contribution >= 4 is 23.5 Å². The van der Waals surface area contributed by atoms with Gasteiger partial charge in [-0.1, -0.05) is 30.7 Å². The Morgan fingerprint density at radius 2 is 1.91 bits per heavy atom. The standard InChI is InChI=1S/C17H23ClN2O3/c1-2-15(12-3-5-14(18)6-4-12)19-16(21)11-20-9-7-13(8-10-20)17(22)23/h3-6,13,15H,2,7-11H2,1H3,(H,19,21)(H,22,23). The Hall–Kier alpha value is -1.59. The molecule has 126 valence electrons. The minimum absolute atomic E-state index is 0.0272. The molecule has 0 saturated carbocycles. The lowest BCUT2D eigenvalue weighted by molar-refractivity contribution is -0.143. The van der Waals surface area contributed by atoms with Crippen LogP contribution >= 0.6 is 11.6 Å². The first-order chi connectivity index (χ1) is 11.0. The van der Waals surface area contributed by atoms with Crippen molar-refractivity contribution in [3.63, 3.8) is 0 Å². The number of hydrogen-bond acceptors (Lipinski definition) is 3. The molecule has 0 aliphatic carbocycles. The van der Waals surface area contributed by atoms with Gasteiger partial charge in [0.1, 0.15) is 0 Å². The van der Waals surface area contributed by atoms with Crippen LogP contribution in [0.5, 0.6) is 0 Å². The van der Waals surface area contributed by atoms with E-state index in [0.29, 0.717) is 37.5 Å². The van der Waals surface area contributed by atoms with E-state index in [2.05, 4.69) is 5.32 Å². The summed E-state index contributed by atoms with van der Waals surface area (Å²) in [4.78, 5) is 25.2. The van der Waals surface area contributed by atoms with Crippen LogP contribution in [0.3, 0.4) is 0 Å². The molecule has 1 atom stereocenters. The highest BCUT2D eigenvalue weighted by atomic mass is 35.5. The van der Waals surface area contributed by atoms with Gasteiger partial charge in [-0.25, -0.2) is 0 Å². The molecule has 1 saturated heterocycles. The smallest absolute Gasteiger partial charge is 0.306 e. The van der Waals surface area contributed by atoms with Crippen LogP contribution in [0.25, 0.3) is 0 Å². The summed E-state index contributed by atoms with van der Waals surface area (Å²) < 4.78 is 0. The zero-order valence-electron chi connectivity index (χ0n) is 13.3. The Morgan fingerprint density at radius 3 is 2.43 bits per heavy atom. The van der Waals surface area contributed by atoms with E-state index in [4.69, 9.17) is 16.7 Å². The number of benzene rings is 1. The maximum atomic E-state index is 12.2. The predicted molar refractivity (Wildman–Crippen MR) is 89.4 cm³/mol. The van der Waals surface area contributed by atoms with Gasteiger partial charge in [0.2, 0.25) is 5.91 Å². The number of aliphatic carboxylic acids is 1. The van der Waals surface area contributed by atoms with E-state index in [1.54, 1.807) is 0 Å². The molecule has 6 heteroatoms. The summed E-state index contributed by atoms with van der Waals surface area (Å²) in [6.45, 7) is 3.65. The van der Waals surface area contributed by atoms with Crippen molar-refractivity contribution in [3.05, 3.63) is 34.9 Å². The number of halogens is 1. The zero-order valence-corrected chi connectivity index (χ0v) is 14.1. The van der Waals surface area contributed by atoms with Crippen LogP contribution in [0.2, 0.25) is 5.02 Å². The molecular formula is C17H23ClN2O3. The van der Waals surface area contributed by atoms with Crippen molar-refractivity contribution in [1.29, 1.82) is 0 Å². The average Bonchev–Trinajstić information content (AvgIpc) is 2.54. The number of nitrogens with zero attached hydrogens (tertiary/aromatic N) is 1. The van der Waals surface area contributed by atoms with Crippen molar-refractivity contribution in [2.75, 3.05) is 19.6 Å². The second-order valence-corrected chi connectivity index (χ2v) is 6.40. The topological polar surface area (TPSA) is 69.6 Å². The van der Waals surface area contributed by atoms with Gasteiger partial charge in [0, 0.05) is 5.02 Å². The number of carbonyl (C=O) groups is 2. The minimum Gasteiger partial charge on any atom is -0.481 e. The normalized spacial score (nSPS) is 17.7. The van der Waals surface area contributed by atoms with Gasteiger partial charge in [0.05, 0.1) is 18.5 Å². The fourth-order valence-corrected chi connectivity index (χ4v) is 3.02. The Morgan fingerprint density at radius 1 is 1.30 bits per heavy atom. The van der Waals surface area contributed by atoms with E-state index in [9.17, 15) is 9.59 Å². The van der Waals surface area contributed by atoms with E-state index < -0.39 is 5.97 Å². The van der Waals surface area contributed by atoms with Gasteiger partial charge >= 0.3 is 5.97 Å². The van der Waals surface area contributed by atoms with E-state index in [0.717, 1.165) is 12.0 Å². The highest BCUT2D eigenvalue weighted by Crippen LogP contribution is 2.20. The molecule has 23 heavy (non-hydrogen) atoms. The lowest BCUT2D eigenvalue weighted by atomic mass is 9.97. The molecule has 1 fully saturated rings. The SMILES string of the molecule is CCC(NC(=O)CN1CCC(C(=O)O)CC1)c1ccc(Cl)cc1. The lowest BCUT2D eigenvalue weighted by Crippen LogP contribution is -2.43. The van der Waals surface area contributed by atoms with Gasteiger partial charge in [0.15, 0.2) is 0 Å². The maximum absolute atomic E-state index is 12.2. The van der Waals surface area contributed by atoms with E-state index in [-0.39, 0.29) is 17.9 Å². The van der Waals surface area contributed by atoms with Crippen LogP contribution in [0, 0.1) is 5.92 Å². The zero-order chi connectivity index (χ0) is 16.8. The number of likely N-dealkylation sites (tertiary alicyclic amines) is 1. The van der Waals surface area contributed by atoms with E-state index >= 15 is 0 Å². The summed E-state index contributed by atoms with van der Waals surface area (Å²) in [7, 11) is 0. The Bertz CT molecular complexity index is 539. The van der Waals surface area contributed by atoms with Gasteiger partial charge < -0.3 is 10.4 Å². The summed E-state index contributed by atoms with van der Waals surface area (Å²) in [6.07, 6.45) is 2.02. The molecule has 0 aromatic heterocycles. The second-order valence-electron chi connectivity index (χ2n) is 5.97. The van der Waals surface area contributed by atoms with Gasteiger partial charge in [-0.2, -0.15) is 0 Å². The number of amides is 1. The third-order valence-corrected chi connectivity index (χ3v) is 4.57. The van der Waals surface area contributed by atoms with Crippen LogP contribution in [0.1, 0.15) is 37.8 Å². The summed E-state index contributed by atoms with van der Waals surface area (Å²) in [5.74, 6) is -1.03. The molecule has 5 nitrogen and oxygen atoms in total. The number of nitrogens with one attached hydrogen (secondary N) is 1. The first kappa shape index (κ1) is 17.8. The fraction of sp³-hybridized carbons (Fsp3) is 0.529. The summed E-state index contributed by atoms with van der Waals surface area (Å²) >= 11 is 5.89. The molecule has 1 aromatic carbocycles. The molecule has 1 aliphatic heterocycles. The summed E-state index contributed by atoms with van der Waals surface area (Å²) in [5.41, 5.74) is 1.04. The van der Waals surface area contributed by atoms with Crippen LogP contribution in [0.4, 0.5) is 0 Å². The number of carboxylic acid groups (broad SMARTS) is 1. The Labute approximate surface area is 141 Å². The molecular weight excluding hydrogens is 316 g/mol. The fourth-order valence-electron chi connectivity index (χ4n) is 2.90. The van der Waals surface area contributed by atoms with Gasteiger partial charge in [-0.15, -0.1) is 0 Å². The van der Waals surface area contributed by atoms with E-state index in [1.807, 2.05) is 36.1 Å². The minimum atomic E-state index is -0.733. The maximum Gasteiger partial charge on any atom is 0.306 e. The highest BCUT2D eigenvalue weighted by molar-refractivity contribution is 6.30. The molecule has 0 spiro atoms. The second kappa shape index (κ2) is 8.31. The molecule has 1 aliphatic rings. The average molecular weight is 339 g/mol. The van der Waals surface area contributed by atoms with Crippen molar-refractivity contribution < 1.29 is 14.7 Å². The van der Waals surface area contributed by atoms with Crippen molar-refractivity contribution in [2.45, 2.75) is 32.2 Å². The predicted octanol–water partition coefficient (Wildman–Crippen LogP) is 2.70. The molecule has 1 amide bonds. The molecule has 1 heterocycles. The number of hydrogen-bond donors (Lipinski definition) is 2. The monoisotopic (exact) mass is 338 g/mol. The summed E-state index contributed by atoms with van der Waals surface area (Å²) in [5, 5.41) is 12.7. The van der Waals surface area contributed by atoms with Crippen LogP contribution < -0.4 is 5.32 Å².